The minimum atomic E-state index is -0.838. The van der Waals surface area contributed by atoms with Crippen LogP contribution in [0, 0.1) is 12.3 Å². The lowest BCUT2D eigenvalue weighted by Gasteiger charge is -2.16. The van der Waals surface area contributed by atoms with E-state index >= 15 is 0 Å². The lowest BCUT2D eigenvalue weighted by Crippen LogP contribution is -2.42. The molecule has 0 spiro atoms. The molecule has 2 rings (SSSR count). The Morgan fingerprint density at radius 3 is 2.52 bits per heavy atom. The number of fused-ring (bicyclic) bond motifs is 1. The van der Waals surface area contributed by atoms with Crippen LogP contribution in [0.5, 0.6) is 5.75 Å². The Balaban J connectivity index is 2.74. The van der Waals surface area contributed by atoms with E-state index in [1.165, 1.54) is 14.0 Å². The van der Waals surface area contributed by atoms with E-state index in [2.05, 4.69) is 59.0 Å². The molecule has 1 aromatic heterocycles. The molecule has 144 valence electrons. The highest BCUT2D eigenvalue weighted by Crippen LogP contribution is 2.44. The lowest BCUT2D eigenvalue weighted by molar-refractivity contribution is -0.144. The van der Waals surface area contributed by atoms with Crippen molar-refractivity contribution in [3.05, 3.63) is 25.2 Å². The van der Waals surface area contributed by atoms with Crippen LogP contribution in [0.3, 0.4) is 0 Å². The Morgan fingerprint density at radius 2 is 2.00 bits per heavy atom. The summed E-state index contributed by atoms with van der Waals surface area (Å²) < 4.78 is 14.4. The fourth-order valence-corrected chi connectivity index (χ4v) is 5.20. The maximum atomic E-state index is 12.2. The zero-order valence-electron chi connectivity index (χ0n) is 14.9. The van der Waals surface area contributed by atoms with E-state index in [4.69, 9.17) is 15.9 Å². The van der Waals surface area contributed by atoms with Crippen molar-refractivity contribution >= 4 is 70.6 Å². The third-order valence-electron chi connectivity index (χ3n) is 3.96. The number of hydrogen-bond donors (Lipinski definition) is 1. The smallest absolute Gasteiger partial charge is 0.328 e. The average molecular weight is 565 g/mol. The van der Waals surface area contributed by atoms with E-state index in [1.807, 2.05) is 10.6 Å². The summed E-state index contributed by atoms with van der Waals surface area (Å²) in [5, 5.41) is 3.46. The van der Waals surface area contributed by atoms with Gasteiger partial charge in [-0.2, -0.15) is 0 Å². The number of ether oxygens (including phenoxy) is 2. The van der Waals surface area contributed by atoms with Gasteiger partial charge in [-0.05, 0) is 59.4 Å². The monoisotopic (exact) mass is 562 g/mol. The number of carbonyl (C=O) groups excluding carboxylic acids is 2. The molecular formula is C18H17Br3N2O4. The highest BCUT2D eigenvalue weighted by Gasteiger charge is 2.27. The predicted octanol–water partition coefficient (Wildman–Crippen LogP) is 3.79. The summed E-state index contributed by atoms with van der Waals surface area (Å²) in [6.45, 7) is 1.67. The van der Waals surface area contributed by atoms with Crippen LogP contribution in [0.1, 0.15) is 12.5 Å². The van der Waals surface area contributed by atoms with Crippen LogP contribution in [0.15, 0.2) is 19.6 Å². The summed E-state index contributed by atoms with van der Waals surface area (Å²) in [5.41, 5.74) is 1.64. The second-order valence-electron chi connectivity index (χ2n) is 5.64. The van der Waals surface area contributed by atoms with Gasteiger partial charge in [0.2, 0.25) is 5.91 Å². The quantitative estimate of drug-likeness (QED) is 0.428. The van der Waals surface area contributed by atoms with Gasteiger partial charge in [0.15, 0.2) is 0 Å². The van der Waals surface area contributed by atoms with Crippen LogP contribution in [0.2, 0.25) is 0 Å². The van der Waals surface area contributed by atoms with E-state index in [0.29, 0.717) is 16.8 Å². The van der Waals surface area contributed by atoms with E-state index in [0.717, 1.165) is 25.5 Å². The Morgan fingerprint density at radius 1 is 1.33 bits per heavy atom. The van der Waals surface area contributed by atoms with E-state index in [9.17, 15) is 9.59 Å². The van der Waals surface area contributed by atoms with Crippen molar-refractivity contribution in [2.24, 2.45) is 0 Å². The third-order valence-corrected chi connectivity index (χ3v) is 6.21. The van der Waals surface area contributed by atoms with Crippen LogP contribution >= 0.6 is 47.8 Å². The van der Waals surface area contributed by atoms with Gasteiger partial charge in [0, 0.05) is 18.7 Å². The summed E-state index contributed by atoms with van der Waals surface area (Å²) in [6, 6.07) is 1.06. The third kappa shape index (κ3) is 4.33. The number of halogens is 3. The van der Waals surface area contributed by atoms with Gasteiger partial charge >= 0.3 is 5.97 Å². The number of nitrogens with zero attached hydrogens (tertiary/aromatic N) is 1. The molecule has 0 aliphatic carbocycles. The molecule has 0 bridgehead atoms. The Labute approximate surface area is 182 Å². The first-order valence-corrected chi connectivity index (χ1v) is 10.2. The van der Waals surface area contributed by atoms with Gasteiger partial charge in [0.1, 0.15) is 11.8 Å². The standard InChI is InChI=1S/C18H17Br3N2O4/c1-5-6-23-13-8-11(19)16(26-3)15(20)14(13)10(17(23)21)7-12(18(25)27-4)22-9(2)24/h1,8,12H,6-7H2,2-4H3,(H,22,24)/t12-/m0/s1. The molecule has 0 saturated heterocycles. The van der Waals surface area contributed by atoms with Crippen LogP contribution in [0.4, 0.5) is 0 Å². The molecule has 0 aliphatic heterocycles. The predicted molar refractivity (Wildman–Crippen MR) is 114 cm³/mol. The molecule has 1 atom stereocenters. The molecule has 1 heterocycles. The summed E-state index contributed by atoms with van der Waals surface area (Å²) >= 11 is 10.7. The van der Waals surface area contributed by atoms with Gasteiger partial charge in [-0.25, -0.2) is 4.79 Å². The maximum absolute atomic E-state index is 12.2. The van der Waals surface area contributed by atoms with Crippen molar-refractivity contribution in [1.29, 1.82) is 0 Å². The van der Waals surface area contributed by atoms with Gasteiger partial charge in [0.25, 0.3) is 0 Å². The number of aromatic nitrogens is 1. The molecule has 27 heavy (non-hydrogen) atoms. The summed E-state index contributed by atoms with van der Waals surface area (Å²) in [4.78, 5) is 23.7. The summed E-state index contributed by atoms with van der Waals surface area (Å²) in [5.74, 6) is 2.38. The van der Waals surface area contributed by atoms with Crippen molar-refractivity contribution in [2.45, 2.75) is 25.9 Å². The number of methoxy groups -OCH3 is 2. The summed E-state index contributed by atoms with van der Waals surface area (Å²) in [6.07, 6.45) is 5.74. The molecule has 1 N–H and O–H groups in total. The van der Waals surface area contributed by atoms with Crippen molar-refractivity contribution in [1.82, 2.24) is 9.88 Å². The molecule has 1 aromatic carbocycles. The zero-order valence-corrected chi connectivity index (χ0v) is 19.6. The first-order chi connectivity index (χ1) is 12.8. The number of nitrogens with one attached hydrogen (secondary N) is 1. The first kappa shape index (κ1) is 21.8. The lowest BCUT2D eigenvalue weighted by atomic mass is 10.0. The fraction of sp³-hybridized carbons (Fsp3) is 0.333. The number of rotatable bonds is 6. The van der Waals surface area contributed by atoms with Crippen molar-refractivity contribution in [3.8, 4) is 18.1 Å². The largest absolute Gasteiger partial charge is 0.494 e. The fourth-order valence-electron chi connectivity index (χ4n) is 2.86. The SMILES string of the molecule is C#CCn1c(Br)c(C[C@H](NC(C)=O)C(=O)OC)c2c(Br)c(OC)c(Br)cc21. The molecule has 0 unspecified atom stereocenters. The van der Waals surface area contributed by atoms with Crippen LogP contribution in [0.25, 0.3) is 10.9 Å². The van der Waals surface area contributed by atoms with E-state index in [-0.39, 0.29) is 12.3 Å². The number of carbonyl (C=O) groups is 2. The van der Waals surface area contributed by atoms with Gasteiger partial charge < -0.3 is 19.4 Å². The second kappa shape index (κ2) is 9.13. The van der Waals surface area contributed by atoms with Crippen LogP contribution in [-0.4, -0.2) is 36.7 Å². The Kier molecular flexibility index (Phi) is 7.37. The molecule has 1 amide bonds. The number of esters is 1. The highest BCUT2D eigenvalue weighted by molar-refractivity contribution is 9.11. The number of terminal acetylenes is 1. The van der Waals surface area contributed by atoms with Crippen LogP contribution < -0.4 is 10.1 Å². The van der Waals surface area contributed by atoms with E-state index < -0.39 is 12.0 Å². The number of benzene rings is 1. The number of amides is 1. The van der Waals surface area contributed by atoms with Crippen molar-refractivity contribution < 1.29 is 19.1 Å². The minimum Gasteiger partial charge on any atom is -0.494 e. The highest BCUT2D eigenvalue weighted by atomic mass is 79.9. The molecule has 6 nitrogen and oxygen atoms in total. The molecule has 0 aliphatic rings. The molecule has 0 radical (unpaired) electrons. The maximum Gasteiger partial charge on any atom is 0.328 e. The molecular weight excluding hydrogens is 548 g/mol. The second-order valence-corrected chi connectivity index (χ2v) is 8.04. The first-order valence-electron chi connectivity index (χ1n) is 7.77. The molecule has 0 saturated carbocycles. The zero-order chi connectivity index (χ0) is 20.3. The van der Waals surface area contributed by atoms with Gasteiger partial charge in [-0.15, -0.1) is 6.42 Å². The van der Waals surface area contributed by atoms with E-state index in [1.54, 1.807) is 7.11 Å². The molecule has 9 heteroatoms. The van der Waals surface area contributed by atoms with Crippen LogP contribution in [-0.2, 0) is 27.3 Å². The molecule has 0 fully saturated rings. The number of hydrogen-bond acceptors (Lipinski definition) is 4. The van der Waals surface area contributed by atoms with Gasteiger partial charge in [-0.1, -0.05) is 5.92 Å². The Bertz CT molecular complexity index is 947. The van der Waals surface area contributed by atoms with Crippen molar-refractivity contribution in [2.75, 3.05) is 14.2 Å². The normalized spacial score (nSPS) is 11.7. The van der Waals surface area contributed by atoms with Crippen molar-refractivity contribution in [3.63, 3.8) is 0 Å². The van der Waals surface area contributed by atoms with Gasteiger partial charge in [-0.3, -0.25) is 4.79 Å². The molecule has 2 aromatic rings. The minimum absolute atomic E-state index is 0.213. The van der Waals surface area contributed by atoms with Gasteiger partial charge in [0.05, 0.1) is 39.8 Å². The Hall–Kier alpha value is -1.50. The summed E-state index contributed by atoms with van der Waals surface area (Å²) in [7, 11) is 2.85. The topological polar surface area (TPSA) is 69.6 Å². The average Bonchev–Trinajstić information content (AvgIpc) is 2.86.